The van der Waals surface area contributed by atoms with E-state index in [0.29, 0.717) is 6.54 Å². The first-order valence-electron chi connectivity index (χ1n) is 8.13. The van der Waals surface area contributed by atoms with Gasteiger partial charge in [0.05, 0.1) is 0 Å². The van der Waals surface area contributed by atoms with Crippen LogP contribution in [0.2, 0.25) is 0 Å². The van der Waals surface area contributed by atoms with Gasteiger partial charge in [0.2, 0.25) is 0 Å². The highest BCUT2D eigenvalue weighted by Gasteiger charge is 2.13. The summed E-state index contributed by atoms with van der Waals surface area (Å²) in [7, 11) is 0. The number of hydrogen-bond acceptors (Lipinski definition) is 4. The van der Waals surface area contributed by atoms with E-state index < -0.39 is 0 Å². The Morgan fingerprint density at radius 2 is 2.00 bits per heavy atom. The molecule has 5 nitrogen and oxygen atoms in total. The van der Waals surface area contributed by atoms with Crippen LogP contribution in [0, 0.1) is 0 Å². The molecule has 0 aliphatic carbocycles. The molecule has 1 aromatic carbocycles. The van der Waals surface area contributed by atoms with Crippen molar-refractivity contribution in [3.63, 3.8) is 0 Å². The Kier molecular flexibility index (Phi) is 6.09. The Bertz CT molecular complexity index is 659. The largest absolute Gasteiger partial charge is 0.334 e. The molecule has 1 aromatic heterocycles. The number of thioether (sulfide) groups is 1. The number of urea groups is 1. The van der Waals surface area contributed by atoms with Crippen LogP contribution in [-0.2, 0) is 13.1 Å². The molecule has 6 heteroatoms. The highest BCUT2D eigenvalue weighted by Crippen LogP contribution is 2.19. The van der Waals surface area contributed by atoms with Crippen LogP contribution in [0.15, 0.2) is 48.8 Å². The molecular formula is C18H22N4OS. The summed E-state index contributed by atoms with van der Waals surface area (Å²) in [5.74, 6) is 2.36. The Hall–Kier alpha value is -2.05. The lowest BCUT2D eigenvalue weighted by molar-refractivity contribution is 0.251. The first-order valence-corrected chi connectivity index (χ1v) is 9.28. The van der Waals surface area contributed by atoms with E-state index in [1.54, 1.807) is 12.4 Å². The Labute approximate surface area is 146 Å². The van der Waals surface area contributed by atoms with E-state index >= 15 is 0 Å². The first-order chi connectivity index (χ1) is 11.8. The van der Waals surface area contributed by atoms with Crippen molar-refractivity contribution < 1.29 is 4.79 Å². The van der Waals surface area contributed by atoms with Crippen molar-refractivity contribution >= 4 is 23.5 Å². The molecule has 0 radical (unpaired) electrons. The first kappa shape index (κ1) is 16.8. The van der Waals surface area contributed by atoms with Crippen molar-refractivity contribution in [2.45, 2.75) is 13.1 Å². The van der Waals surface area contributed by atoms with Gasteiger partial charge < -0.3 is 10.6 Å². The number of aromatic nitrogens is 1. The molecule has 0 spiro atoms. The summed E-state index contributed by atoms with van der Waals surface area (Å²) in [4.78, 5) is 18.7. The average molecular weight is 342 g/mol. The van der Waals surface area contributed by atoms with Crippen LogP contribution < -0.4 is 10.6 Å². The van der Waals surface area contributed by atoms with E-state index in [1.807, 2.05) is 42.1 Å². The second-order valence-electron chi connectivity index (χ2n) is 5.71. The third-order valence-electron chi connectivity index (χ3n) is 3.94. The summed E-state index contributed by atoms with van der Waals surface area (Å²) in [6, 6.07) is 11.6. The van der Waals surface area contributed by atoms with Crippen molar-refractivity contribution in [1.29, 1.82) is 0 Å². The van der Waals surface area contributed by atoms with Gasteiger partial charge in [0.25, 0.3) is 0 Å². The molecule has 1 fully saturated rings. The highest BCUT2D eigenvalue weighted by molar-refractivity contribution is 7.99. The molecular weight excluding hydrogens is 320 g/mol. The minimum atomic E-state index is -0.194. The third kappa shape index (κ3) is 4.97. The smallest absolute Gasteiger partial charge is 0.319 e. The van der Waals surface area contributed by atoms with E-state index in [1.165, 1.54) is 11.5 Å². The average Bonchev–Trinajstić information content (AvgIpc) is 2.63. The molecule has 1 aliphatic heterocycles. The molecule has 24 heavy (non-hydrogen) atoms. The summed E-state index contributed by atoms with van der Waals surface area (Å²) < 4.78 is 0. The molecule has 2 N–H and O–H groups in total. The predicted octanol–water partition coefficient (Wildman–Crippen LogP) is 2.95. The van der Waals surface area contributed by atoms with Gasteiger partial charge in [-0.15, -0.1) is 0 Å². The van der Waals surface area contributed by atoms with E-state index in [-0.39, 0.29) is 6.03 Å². The number of anilines is 1. The fraction of sp³-hybridized carbons (Fsp3) is 0.333. The number of nitrogens with zero attached hydrogens (tertiary/aromatic N) is 2. The minimum Gasteiger partial charge on any atom is -0.334 e. The number of carbonyl (C=O) groups is 1. The molecule has 0 atom stereocenters. The number of pyridine rings is 1. The topological polar surface area (TPSA) is 57.3 Å². The minimum absolute atomic E-state index is 0.194. The quantitative estimate of drug-likeness (QED) is 0.877. The van der Waals surface area contributed by atoms with E-state index in [0.717, 1.165) is 36.4 Å². The molecule has 2 aromatic rings. The summed E-state index contributed by atoms with van der Waals surface area (Å²) in [6.07, 6.45) is 3.47. The monoisotopic (exact) mass is 342 g/mol. The van der Waals surface area contributed by atoms with Crippen LogP contribution in [0.1, 0.15) is 11.1 Å². The SMILES string of the molecule is O=C(NCc1cccnc1)Nc1ccccc1CN1CCSCC1. The fourth-order valence-electron chi connectivity index (χ4n) is 2.63. The van der Waals surface area contributed by atoms with Crippen molar-refractivity contribution in [3.8, 4) is 0 Å². The van der Waals surface area contributed by atoms with Crippen molar-refractivity contribution in [2.24, 2.45) is 0 Å². The Balaban J connectivity index is 1.56. The third-order valence-corrected chi connectivity index (χ3v) is 4.88. The molecule has 0 unspecified atom stereocenters. The maximum atomic E-state index is 12.2. The number of para-hydroxylation sites is 1. The Morgan fingerprint density at radius 3 is 2.79 bits per heavy atom. The lowest BCUT2D eigenvalue weighted by Crippen LogP contribution is -2.33. The lowest BCUT2D eigenvalue weighted by atomic mass is 10.1. The summed E-state index contributed by atoms with van der Waals surface area (Å²) in [5, 5.41) is 5.84. The lowest BCUT2D eigenvalue weighted by Gasteiger charge is -2.27. The number of nitrogens with one attached hydrogen (secondary N) is 2. The van der Waals surface area contributed by atoms with Crippen LogP contribution in [0.5, 0.6) is 0 Å². The van der Waals surface area contributed by atoms with Gasteiger partial charge in [-0.1, -0.05) is 24.3 Å². The number of carbonyl (C=O) groups excluding carboxylic acids is 1. The molecule has 0 bridgehead atoms. The molecule has 2 amide bonds. The van der Waals surface area contributed by atoms with Gasteiger partial charge in [0.15, 0.2) is 0 Å². The molecule has 1 saturated heterocycles. The predicted molar refractivity (Wildman–Crippen MR) is 99.1 cm³/mol. The van der Waals surface area contributed by atoms with Gasteiger partial charge in [-0.25, -0.2) is 4.79 Å². The van der Waals surface area contributed by atoms with Crippen molar-refractivity contribution in [1.82, 2.24) is 15.2 Å². The van der Waals surface area contributed by atoms with Crippen molar-refractivity contribution in [2.75, 3.05) is 29.9 Å². The number of hydrogen-bond donors (Lipinski definition) is 2. The van der Waals surface area contributed by atoms with Gasteiger partial charge in [0.1, 0.15) is 0 Å². The zero-order valence-corrected chi connectivity index (χ0v) is 14.4. The van der Waals surface area contributed by atoms with Crippen LogP contribution in [0.3, 0.4) is 0 Å². The van der Waals surface area contributed by atoms with Gasteiger partial charge in [-0.3, -0.25) is 9.88 Å². The Morgan fingerprint density at radius 1 is 1.17 bits per heavy atom. The van der Waals surface area contributed by atoms with Gasteiger partial charge in [-0.05, 0) is 23.3 Å². The van der Waals surface area contributed by atoms with E-state index in [4.69, 9.17) is 0 Å². The molecule has 126 valence electrons. The summed E-state index contributed by atoms with van der Waals surface area (Å²) in [6.45, 7) is 3.54. The van der Waals surface area contributed by atoms with Gasteiger partial charge in [0, 0.05) is 55.8 Å². The molecule has 1 aliphatic rings. The van der Waals surface area contributed by atoms with Crippen LogP contribution in [-0.4, -0.2) is 40.5 Å². The fourth-order valence-corrected chi connectivity index (χ4v) is 3.61. The summed E-state index contributed by atoms with van der Waals surface area (Å²) >= 11 is 2.00. The molecule has 2 heterocycles. The zero-order chi connectivity index (χ0) is 16.6. The van der Waals surface area contributed by atoms with Crippen LogP contribution in [0.25, 0.3) is 0 Å². The van der Waals surface area contributed by atoms with Gasteiger partial charge >= 0.3 is 6.03 Å². The number of amides is 2. The van der Waals surface area contributed by atoms with E-state index in [9.17, 15) is 4.79 Å². The number of rotatable bonds is 5. The normalized spacial score (nSPS) is 15.0. The zero-order valence-electron chi connectivity index (χ0n) is 13.6. The number of benzene rings is 1. The van der Waals surface area contributed by atoms with Crippen molar-refractivity contribution in [3.05, 3.63) is 59.9 Å². The van der Waals surface area contributed by atoms with Crippen LogP contribution >= 0.6 is 11.8 Å². The molecule has 0 saturated carbocycles. The summed E-state index contributed by atoms with van der Waals surface area (Å²) in [5.41, 5.74) is 3.01. The van der Waals surface area contributed by atoms with Gasteiger partial charge in [-0.2, -0.15) is 11.8 Å². The standard InChI is InChI=1S/C18H22N4OS/c23-18(20-13-15-4-3-7-19-12-15)21-17-6-2-1-5-16(17)14-22-8-10-24-11-9-22/h1-7,12H,8-11,13-14H2,(H2,20,21,23). The second kappa shape index (κ2) is 8.70. The maximum absolute atomic E-state index is 12.2. The second-order valence-corrected chi connectivity index (χ2v) is 6.94. The van der Waals surface area contributed by atoms with E-state index in [2.05, 4.69) is 26.6 Å². The molecule has 3 rings (SSSR count). The highest BCUT2D eigenvalue weighted by atomic mass is 32.2. The maximum Gasteiger partial charge on any atom is 0.319 e. The van der Waals surface area contributed by atoms with Crippen LogP contribution in [0.4, 0.5) is 10.5 Å².